The number of rotatable bonds is 3. The monoisotopic (exact) mass is 281 g/mol. The van der Waals surface area contributed by atoms with Crippen LogP contribution in [0.25, 0.3) is 0 Å². The van der Waals surface area contributed by atoms with Gasteiger partial charge in [-0.05, 0) is 43.4 Å². The van der Waals surface area contributed by atoms with Crippen LogP contribution < -0.4 is 0 Å². The minimum Gasteiger partial charge on any atom is -0.263 e. The predicted molar refractivity (Wildman–Crippen MR) is 81.2 cm³/mol. The molecule has 2 heterocycles. The van der Waals surface area contributed by atoms with Gasteiger partial charge in [-0.3, -0.25) is 14.9 Å². The summed E-state index contributed by atoms with van der Waals surface area (Å²) in [4.78, 5) is 11.3. The van der Waals surface area contributed by atoms with Gasteiger partial charge in [0.15, 0.2) is 6.29 Å². The minimum atomic E-state index is -0.117. The van der Waals surface area contributed by atoms with Crippen molar-refractivity contribution in [3.63, 3.8) is 0 Å². The highest BCUT2D eigenvalue weighted by Gasteiger charge is 2.37. The van der Waals surface area contributed by atoms with E-state index in [9.17, 15) is 0 Å². The van der Waals surface area contributed by atoms with E-state index in [-0.39, 0.29) is 11.7 Å². The quantitative estimate of drug-likeness (QED) is 0.730. The molecule has 0 N–H and O–H groups in total. The van der Waals surface area contributed by atoms with Gasteiger partial charge < -0.3 is 0 Å². The Bertz CT molecular complexity index is 344. The van der Waals surface area contributed by atoms with E-state index in [0.717, 1.165) is 30.8 Å². The number of likely N-dealkylation sites (tertiary alicyclic amines) is 1. The van der Waals surface area contributed by atoms with Crippen LogP contribution in [-0.4, -0.2) is 42.1 Å². The fourth-order valence-electron chi connectivity index (χ4n) is 3.88. The van der Waals surface area contributed by atoms with E-state index >= 15 is 0 Å². The molecule has 0 spiro atoms. The molecule has 4 heteroatoms. The zero-order valence-corrected chi connectivity index (χ0v) is 12.5. The molecule has 0 amide bonds. The Labute approximate surface area is 121 Å². The van der Waals surface area contributed by atoms with Gasteiger partial charge in [-0.1, -0.05) is 13.3 Å². The van der Waals surface area contributed by atoms with Gasteiger partial charge in [0.05, 0.1) is 0 Å². The van der Waals surface area contributed by atoms with Crippen molar-refractivity contribution < 1.29 is 0 Å². The van der Waals surface area contributed by atoms with Crippen molar-refractivity contribution >= 4 is 24.0 Å². The number of piperidine rings is 1. The van der Waals surface area contributed by atoms with E-state index < -0.39 is 0 Å². The Kier molecular flexibility index (Phi) is 4.23. The van der Waals surface area contributed by atoms with Crippen LogP contribution in [0.1, 0.15) is 39.0 Å². The molecule has 1 saturated carbocycles. The number of hydrogen-bond acceptors (Lipinski definition) is 3. The molecule has 0 aromatic carbocycles. The summed E-state index contributed by atoms with van der Waals surface area (Å²) in [6.45, 7) is 4.63. The molecule has 3 aliphatic rings. The summed E-state index contributed by atoms with van der Waals surface area (Å²) in [7, 11) is 0. The zero-order valence-electron chi connectivity index (χ0n) is 11.7. The summed E-state index contributed by atoms with van der Waals surface area (Å²) in [5, 5.41) is -0.117. The highest BCUT2D eigenvalue weighted by atomic mass is 35.5. The molecule has 1 saturated heterocycles. The molecule has 19 heavy (non-hydrogen) atoms. The normalized spacial score (nSPS) is 40.3. The SMILES string of the molecule is CCC1CCC1C1CCN(C2N=CC(Cl)C=N2)CC1. The molecular weight excluding hydrogens is 258 g/mol. The predicted octanol–water partition coefficient (Wildman–Crippen LogP) is 3.18. The molecule has 2 atom stereocenters. The van der Waals surface area contributed by atoms with Gasteiger partial charge in [-0.15, -0.1) is 11.6 Å². The van der Waals surface area contributed by atoms with E-state index in [1.807, 2.05) is 12.4 Å². The molecule has 2 fully saturated rings. The van der Waals surface area contributed by atoms with Gasteiger partial charge in [0.1, 0.15) is 5.38 Å². The maximum Gasteiger partial charge on any atom is 0.195 e. The lowest BCUT2D eigenvalue weighted by molar-refractivity contribution is 0.0411. The molecule has 1 aliphatic carbocycles. The fourth-order valence-corrected chi connectivity index (χ4v) is 4.01. The Hall–Kier alpha value is -0.410. The maximum absolute atomic E-state index is 5.93. The minimum absolute atomic E-state index is 0.000636. The van der Waals surface area contributed by atoms with Crippen molar-refractivity contribution in [2.45, 2.75) is 50.7 Å². The highest BCUT2D eigenvalue weighted by Crippen LogP contribution is 2.45. The van der Waals surface area contributed by atoms with E-state index in [2.05, 4.69) is 21.8 Å². The number of alkyl halides is 1. The van der Waals surface area contributed by atoms with Crippen LogP contribution in [0, 0.1) is 17.8 Å². The fraction of sp³-hybridized carbons (Fsp3) is 0.867. The van der Waals surface area contributed by atoms with Crippen molar-refractivity contribution in [3.8, 4) is 0 Å². The zero-order chi connectivity index (χ0) is 13.2. The third-order valence-corrected chi connectivity index (χ3v) is 5.46. The largest absolute Gasteiger partial charge is 0.263 e. The molecule has 106 valence electrons. The first-order valence-electron chi connectivity index (χ1n) is 7.72. The van der Waals surface area contributed by atoms with Gasteiger partial charge >= 0.3 is 0 Å². The first-order chi connectivity index (χ1) is 9.28. The van der Waals surface area contributed by atoms with E-state index in [0.29, 0.717) is 0 Å². The van der Waals surface area contributed by atoms with Crippen LogP contribution in [-0.2, 0) is 0 Å². The van der Waals surface area contributed by atoms with Crippen molar-refractivity contribution in [3.05, 3.63) is 0 Å². The Morgan fingerprint density at radius 1 is 1.11 bits per heavy atom. The lowest BCUT2D eigenvalue weighted by atomic mass is 9.64. The second-order valence-electron chi connectivity index (χ2n) is 6.17. The van der Waals surface area contributed by atoms with Crippen molar-refractivity contribution in [2.24, 2.45) is 27.7 Å². The van der Waals surface area contributed by atoms with Crippen molar-refractivity contribution in [1.82, 2.24) is 4.90 Å². The molecule has 0 aromatic rings. The van der Waals surface area contributed by atoms with Crippen LogP contribution in [0.5, 0.6) is 0 Å². The van der Waals surface area contributed by atoms with E-state index in [1.54, 1.807) is 0 Å². The first-order valence-corrected chi connectivity index (χ1v) is 8.16. The molecule has 0 aromatic heterocycles. The summed E-state index contributed by atoms with van der Waals surface area (Å²) in [5.74, 6) is 2.98. The molecule has 2 unspecified atom stereocenters. The number of aliphatic imine (C=N–C) groups is 2. The number of nitrogens with zero attached hydrogens (tertiary/aromatic N) is 3. The third-order valence-electron chi connectivity index (χ3n) is 5.23. The molecule has 2 aliphatic heterocycles. The summed E-state index contributed by atoms with van der Waals surface area (Å²) in [5.41, 5.74) is 0. The molecular formula is C15H24ClN3. The topological polar surface area (TPSA) is 28.0 Å². The average Bonchev–Trinajstić information content (AvgIpc) is 2.40. The second kappa shape index (κ2) is 5.92. The number of hydrogen-bond donors (Lipinski definition) is 0. The van der Waals surface area contributed by atoms with Gasteiger partial charge in [0.2, 0.25) is 0 Å². The van der Waals surface area contributed by atoms with Crippen LogP contribution in [0.4, 0.5) is 0 Å². The van der Waals surface area contributed by atoms with Crippen molar-refractivity contribution in [2.75, 3.05) is 13.1 Å². The third kappa shape index (κ3) is 2.87. The Balaban J connectivity index is 1.50. The summed E-state index contributed by atoms with van der Waals surface area (Å²) >= 11 is 5.93. The van der Waals surface area contributed by atoms with Gasteiger partial charge in [-0.25, -0.2) is 0 Å². The summed E-state index contributed by atoms with van der Waals surface area (Å²) in [6, 6.07) is 0. The Morgan fingerprint density at radius 3 is 2.32 bits per heavy atom. The van der Waals surface area contributed by atoms with Crippen molar-refractivity contribution in [1.29, 1.82) is 0 Å². The lowest BCUT2D eigenvalue weighted by Crippen LogP contribution is -2.44. The maximum atomic E-state index is 5.93. The van der Waals surface area contributed by atoms with Crippen LogP contribution in [0.2, 0.25) is 0 Å². The standard InChI is InChI=1S/C15H24ClN3/c1-2-11-3-4-14(11)12-5-7-19(8-6-12)15-17-9-13(16)10-18-15/h9-15H,2-8H2,1H3. The first kappa shape index (κ1) is 13.6. The Morgan fingerprint density at radius 2 is 1.79 bits per heavy atom. The molecule has 0 bridgehead atoms. The smallest absolute Gasteiger partial charge is 0.195 e. The van der Waals surface area contributed by atoms with E-state index in [4.69, 9.17) is 11.6 Å². The van der Waals surface area contributed by atoms with Crippen LogP contribution in [0.15, 0.2) is 9.98 Å². The summed E-state index contributed by atoms with van der Waals surface area (Å²) in [6.07, 6.45) is 10.6. The lowest BCUT2D eigenvalue weighted by Gasteiger charge is -2.45. The number of halogens is 1. The molecule has 0 radical (unpaired) electrons. The average molecular weight is 282 g/mol. The van der Waals surface area contributed by atoms with E-state index in [1.165, 1.54) is 32.1 Å². The summed E-state index contributed by atoms with van der Waals surface area (Å²) < 4.78 is 0. The van der Waals surface area contributed by atoms with Gasteiger partial charge in [-0.2, -0.15) is 0 Å². The van der Waals surface area contributed by atoms with Crippen LogP contribution in [0.3, 0.4) is 0 Å². The molecule has 3 nitrogen and oxygen atoms in total. The molecule has 3 rings (SSSR count). The van der Waals surface area contributed by atoms with Gasteiger partial charge in [0.25, 0.3) is 0 Å². The van der Waals surface area contributed by atoms with Crippen LogP contribution >= 0.6 is 11.6 Å². The highest BCUT2D eigenvalue weighted by molar-refractivity contribution is 6.36. The second-order valence-corrected chi connectivity index (χ2v) is 6.67. The van der Waals surface area contributed by atoms with Gasteiger partial charge in [0, 0.05) is 25.5 Å².